The van der Waals surface area contributed by atoms with Crippen LogP contribution in [0, 0.1) is 0 Å². The van der Waals surface area contributed by atoms with Crippen LogP contribution in [0.3, 0.4) is 0 Å². The number of sulfonamides is 1. The molecule has 0 aliphatic rings. The van der Waals surface area contributed by atoms with E-state index in [1.165, 1.54) is 20.2 Å². The first-order valence-corrected chi connectivity index (χ1v) is 9.30. The van der Waals surface area contributed by atoms with Crippen molar-refractivity contribution in [1.82, 2.24) is 4.31 Å². The van der Waals surface area contributed by atoms with Crippen LogP contribution in [-0.2, 0) is 21.2 Å². The number of hydrogen-bond acceptors (Lipinski definition) is 5. The van der Waals surface area contributed by atoms with Crippen LogP contribution in [0.25, 0.3) is 0 Å². The molecule has 0 aliphatic carbocycles. The van der Waals surface area contributed by atoms with Gasteiger partial charge < -0.3 is 14.5 Å². The van der Waals surface area contributed by atoms with Gasteiger partial charge in [-0.15, -0.1) is 0 Å². The van der Waals surface area contributed by atoms with Crippen LogP contribution < -0.4 is 10.1 Å². The first-order chi connectivity index (χ1) is 11.8. The summed E-state index contributed by atoms with van der Waals surface area (Å²) in [7, 11) is -0.806. The molecule has 1 aromatic heterocycles. The number of furan rings is 1. The summed E-state index contributed by atoms with van der Waals surface area (Å²) in [4.78, 5) is 12.1. The Kier molecular flexibility index (Phi) is 6.22. The summed E-state index contributed by atoms with van der Waals surface area (Å²) in [5, 5.41) is 2.71. The van der Waals surface area contributed by atoms with E-state index in [9.17, 15) is 13.2 Å². The summed E-state index contributed by atoms with van der Waals surface area (Å²) in [5.41, 5.74) is 0.397. The summed E-state index contributed by atoms with van der Waals surface area (Å²) in [6, 6.07) is 8.13. The molecule has 0 saturated carbocycles. The number of nitrogens with one attached hydrogen (secondary N) is 1. The van der Waals surface area contributed by atoms with Crippen LogP contribution in [0.1, 0.15) is 19.1 Å². The minimum Gasteiger partial charge on any atom is -0.492 e. The molecule has 0 aliphatic heterocycles. The zero-order valence-electron chi connectivity index (χ0n) is 14.5. The molecule has 25 heavy (non-hydrogen) atoms. The van der Waals surface area contributed by atoms with Crippen molar-refractivity contribution in [2.75, 3.05) is 26.0 Å². The first kappa shape index (κ1) is 19.0. The SMILES string of the molecule is CCOc1ccc(NC(=O)CCc2ccco2)cc1S(=O)(=O)N(C)C. The summed E-state index contributed by atoms with van der Waals surface area (Å²) in [5.74, 6) is 0.747. The summed E-state index contributed by atoms with van der Waals surface area (Å²) < 4.78 is 36.6. The van der Waals surface area contributed by atoms with Crippen LogP contribution in [0.15, 0.2) is 45.9 Å². The van der Waals surface area contributed by atoms with E-state index in [1.807, 2.05) is 0 Å². The Morgan fingerprint density at radius 2 is 2.04 bits per heavy atom. The molecule has 0 saturated heterocycles. The van der Waals surface area contributed by atoms with Gasteiger partial charge in [0.05, 0.1) is 12.9 Å². The Balaban J connectivity index is 2.17. The molecular formula is C17H22N2O5S. The fourth-order valence-electron chi connectivity index (χ4n) is 2.17. The average molecular weight is 366 g/mol. The average Bonchev–Trinajstić information content (AvgIpc) is 3.08. The zero-order chi connectivity index (χ0) is 18.4. The molecule has 1 amide bonds. The number of carbonyl (C=O) groups excluding carboxylic acids is 1. The van der Waals surface area contributed by atoms with Crippen LogP contribution in [0.2, 0.25) is 0 Å². The van der Waals surface area contributed by atoms with E-state index in [0.29, 0.717) is 18.7 Å². The quantitative estimate of drug-likeness (QED) is 0.775. The standard InChI is InChI=1S/C17H22N2O5S/c1-4-23-15-9-7-13(12-16(15)25(21,22)19(2)3)18-17(20)10-8-14-6-5-11-24-14/h5-7,9,11-12H,4,8,10H2,1-3H3,(H,18,20). The fourth-order valence-corrected chi connectivity index (χ4v) is 3.22. The van der Waals surface area contributed by atoms with Crippen molar-refractivity contribution in [2.24, 2.45) is 0 Å². The molecule has 1 N–H and O–H groups in total. The van der Waals surface area contributed by atoms with E-state index in [0.717, 1.165) is 10.1 Å². The second-order valence-electron chi connectivity index (χ2n) is 5.51. The van der Waals surface area contributed by atoms with E-state index in [4.69, 9.17) is 9.15 Å². The number of benzene rings is 1. The van der Waals surface area contributed by atoms with Crippen molar-refractivity contribution in [1.29, 1.82) is 0 Å². The zero-order valence-corrected chi connectivity index (χ0v) is 15.3. The predicted molar refractivity (Wildman–Crippen MR) is 94.1 cm³/mol. The summed E-state index contributed by atoms with van der Waals surface area (Å²) >= 11 is 0. The minimum absolute atomic E-state index is 0.0168. The van der Waals surface area contributed by atoms with Crippen molar-refractivity contribution in [3.63, 3.8) is 0 Å². The second-order valence-corrected chi connectivity index (χ2v) is 7.63. The van der Waals surface area contributed by atoms with E-state index < -0.39 is 10.0 Å². The molecule has 0 unspecified atom stereocenters. The third-order valence-electron chi connectivity index (χ3n) is 3.46. The number of carbonyl (C=O) groups is 1. The minimum atomic E-state index is -3.69. The Labute approximate surface area is 147 Å². The molecule has 1 heterocycles. The molecular weight excluding hydrogens is 344 g/mol. The highest BCUT2D eigenvalue weighted by molar-refractivity contribution is 7.89. The molecule has 0 radical (unpaired) electrons. The third kappa shape index (κ3) is 4.83. The van der Waals surface area contributed by atoms with Gasteiger partial charge in [0, 0.05) is 32.6 Å². The van der Waals surface area contributed by atoms with Gasteiger partial charge in [0.1, 0.15) is 16.4 Å². The largest absolute Gasteiger partial charge is 0.492 e. The van der Waals surface area contributed by atoms with Gasteiger partial charge in [-0.3, -0.25) is 4.79 Å². The van der Waals surface area contributed by atoms with Crippen LogP contribution >= 0.6 is 0 Å². The molecule has 0 atom stereocenters. The van der Waals surface area contributed by atoms with Gasteiger partial charge in [-0.1, -0.05) is 0 Å². The molecule has 0 spiro atoms. The molecule has 1 aromatic carbocycles. The van der Waals surface area contributed by atoms with Crippen molar-refractivity contribution in [3.05, 3.63) is 42.4 Å². The number of hydrogen-bond donors (Lipinski definition) is 1. The van der Waals surface area contributed by atoms with Gasteiger partial charge in [0.25, 0.3) is 0 Å². The van der Waals surface area contributed by atoms with Crippen molar-refractivity contribution in [2.45, 2.75) is 24.7 Å². The van der Waals surface area contributed by atoms with Crippen molar-refractivity contribution < 1.29 is 22.4 Å². The molecule has 0 fully saturated rings. The number of amides is 1. The normalized spacial score (nSPS) is 11.5. The summed E-state index contributed by atoms with van der Waals surface area (Å²) in [6.07, 6.45) is 2.26. The van der Waals surface area contributed by atoms with Gasteiger partial charge >= 0.3 is 0 Å². The Hall–Kier alpha value is -2.32. The second kappa shape index (κ2) is 8.17. The molecule has 136 valence electrons. The van der Waals surface area contributed by atoms with Gasteiger partial charge in [-0.2, -0.15) is 0 Å². The highest BCUT2D eigenvalue weighted by atomic mass is 32.2. The Morgan fingerprint density at radius 1 is 1.28 bits per heavy atom. The van der Waals surface area contributed by atoms with Gasteiger partial charge in [0.2, 0.25) is 15.9 Å². The van der Waals surface area contributed by atoms with E-state index in [1.54, 1.807) is 37.5 Å². The monoisotopic (exact) mass is 366 g/mol. The first-order valence-electron chi connectivity index (χ1n) is 7.86. The smallest absolute Gasteiger partial charge is 0.246 e. The molecule has 7 nitrogen and oxygen atoms in total. The number of aryl methyl sites for hydroxylation is 1. The lowest BCUT2D eigenvalue weighted by molar-refractivity contribution is -0.116. The maximum Gasteiger partial charge on any atom is 0.246 e. The third-order valence-corrected chi connectivity index (χ3v) is 5.30. The molecule has 2 rings (SSSR count). The van der Waals surface area contributed by atoms with E-state index in [2.05, 4.69) is 5.32 Å². The number of anilines is 1. The van der Waals surface area contributed by atoms with Crippen molar-refractivity contribution >= 4 is 21.6 Å². The highest BCUT2D eigenvalue weighted by Gasteiger charge is 2.23. The fraction of sp³-hybridized carbons (Fsp3) is 0.353. The maximum atomic E-state index is 12.5. The Bertz CT molecular complexity index is 814. The number of ether oxygens (including phenoxy) is 1. The maximum absolute atomic E-state index is 12.5. The van der Waals surface area contributed by atoms with Gasteiger partial charge in [-0.05, 0) is 37.3 Å². The highest BCUT2D eigenvalue weighted by Crippen LogP contribution is 2.29. The van der Waals surface area contributed by atoms with E-state index in [-0.39, 0.29) is 23.0 Å². The number of nitrogens with zero attached hydrogens (tertiary/aromatic N) is 1. The lowest BCUT2D eigenvalue weighted by atomic mass is 10.2. The van der Waals surface area contributed by atoms with Gasteiger partial charge in [0.15, 0.2) is 0 Å². The molecule has 8 heteroatoms. The Morgan fingerprint density at radius 3 is 2.64 bits per heavy atom. The lowest BCUT2D eigenvalue weighted by Crippen LogP contribution is -2.23. The molecule has 2 aromatic rings. The predicted octanol–water partition coefficient (Wildman–Crippen LogP) is 2.50. The molecule has 0 bridgehead atoms. The van der Waals surface area contributed by atoms with Crippen LogP contribution in [0.5, 0.6) is 5.75 Å². The number of rotatable bonds is 8. The van der Waals surface area contributed by atoms with Gasteiger partial charge in [-0.25, -0.2) is 12.7 Å². The van der Waals surface area contributed by atoms with E-state index >= 15 is 0 Å². The lowest BCUT2D eigenvalue weighted by Gasteiger charge is -2.16. The van der Waals surface area contributed by atoms with Crippen molar-refractivity contribution in [3.8, 4) is 5.75 Å². The topological polar surface area (TPSA) is 88.8 Å². The summed E-state index contributed by atoms with van der Waals surface area (Å²) in [6.45, 7) is 2.11. The van der Waals surface area contributed by atoms with Crippen LogP contribution in [0.4, 0.5) is 5.69 Å². The van der Waals surface area contributed by atoms with Crippen LogP contribution in [-0.4, -0.2) is 39.3 Å².